The van der Waals surface area contributed by atoms with E-state index in [1.165, 1.54) is 28.3 Å². The van der Waals surface area contributed by atoms with Gasteiger partial charge in [-0.15, -0.1) is 11.8 Å². The smallest absolute Gasteiger partial charge is 0.243 e. The summed E-state index contributed by atoms with van der Waals surface area (Å²) in [6, 6.07) is 14.3. The van der Waals surface area contributed by atoms with E-state index in [4.69, 9.17) is 0 Å². The molecule has 164 valence electrons. The van der Waals surface area contributed by atoms with E-state index in [9.17, 15) is 18.0 Å². The van der Waals surface area contributed by atoms with Gasteiger partial charge >= 0.3 is 0 Å². The third-order valence-corrected chi connectivity index (χ3v) is 9.00. The summed E-state index contributed by atoms with van der Waals surface area (Å²) in [4.78, 5) is 25.8. The van der Waals surface area contributed by atoms with E-state index in [0.29, 0.717) is 31.5 Å². The van der Waals surface area contributed by atoms with Gasteiger partial charge in [0.2, 0.25) is 15.9 Å². The molecule has 2 heterocycles. The third-order valence-electron chi connectivity index (χ3n) is 5.98. The Kier molecular flexibility index (Phi) is 6.50. The zero-order valence-corrected chi connectivity index (χ0v) is 19.0. The number of hydrogen-bond donors (Lipinski definition) is 1. The van der Waals surface area contributed by atoms with Gasteiger partial charge in [-0.05, 0) is 49.9 Å². The fraction of sp³-hybridized carbons (Fsp3) is 0.391. The molecule has 0 saturated carbocycles. The van der Waals surface area contributed by atoms with Crippen LogP contribution >= 0.6 is 11.8 Å². The van der Waals surface area contributed by atoms with E-state index < -0.39 is 10.0 Å². The summed E-state index contributed by atoms with van der Waals surface area (Å²) in [5.74, 6) is 0.604. The molecular weight excluding hydrogens is 432 g/mol. The first-order chi connectivity index (χ1) is 14.9. The lowest BCUT2D eigenvalue weighted by Crippen LogP contribution is -2.44. The summed E-state index contributed by atoms with van der Waals surface area (Å²) in [6.07, 6.45) is 1.87. The molecule has 8 heteroatoms. The van der Waals surface area contributed by atoms with Crippen LogP contribution in [0.1, 0.15) is 48.1 Å². The monoisotopic (exact) mass is 458 g/mol. The van der Waals surface area contributed by atoms with Gasteiger partial charge in [-0.2, -0.15) is 4.31 Å². The van der Waals surface area contributed by atoms with Crippen LogP contribution in [0, 0.1) is 5.92 Å². The van der Waals surface area contributed by atoms with Gasteiger partial charge in [0.1, 0.15) is 0 Å². The summed E-state index contributed by atoms with van der Waals surface area (Å²) in [7, 11) is -3.69. The molecule has 1 amide bonds. The van der Waals surface area contributed by atoms with Gasteiger partial charge in [-0.3, -0.25) is 9.59 Å². The molecule has 6 nitrogen and oxygen atoms in total. The van der Waals surface area contributed by atoms with Gasteiger partial charge in [0, 0.05) is 35.2 Å². The van der Waals surface area contributed by atoms with Crippen molar-refractivity contribution < 1.29 is 18.0 Å². The van der Waals surface area contributed by atoms with E-state index in [1.807, 2.05) is 23.9 Å². The number of nitrogens with zero attached hydrogens (tertiary/aromatic N) is 1. The molecule has 2 aromatic carbocycles. The SMILES string of the molecule is CC(=O)c1cccc(S(=O)(=O)N2CCC(C(=O)N[C@@H]3CCSc4ccccc43)CC2)c1. The fourth-order valence-electron chi connectivity index (χ4n) is 4.16. The number of carbonyl (C=O) groups is 2. The van der Waals surface area contributed by atoms with E-state index >= 15 is 0 Å². The molecule has 2 aliphatic heterocycles. The van der Waals surface area contributed by atoms with Gasteiger partial charge in [0.25, 0.3) is 0 Å². The molecule has 1 N–H and O–H groups in total. The number of sulfonamides is 1. The lowest BCUT2D eigenvalue weighted by atomic mass is 9.95. The van der Waals surface area contributed by atoms with Crippen molar-refractivity contribution in [2.45, 2.75) is 42.0 Å². The Bertz CT molecular complexity index is 1090. The highest BCUT2D eigenvalue weighted by Gasteiger charge is 2.33. The molecule has 1 saturated heterocycles. The van der Waals surface area contributed by atoms with Crippen LogP contribution in [0.25, 0.3) is 0 Å². The Balaban J connectivity index is 1.39. The van der Waals surface area contributed by atoms with Crippen LogP contribution in [0.3, 0.4) is 0 Å². The van der Waals surface area contributed by atoms with Gasteiger partial charge in [0.05, 0.1) is 10.9 Å². The van der Waals surface area contributed by atoms with Gasteiger partial charge in [0.15, 0.2) is 5.78 Å². The second-order valence-electron chi connectivity index (χ2n) is 8.00. The number of benzene rings is 2. The Labute approximate surface area is 187 Å². The van der Waals surface area contributed by atoms with Crippen LogP contribution in [0.5, 0.6) is 0 Å². The second-order valence-corrected chi connectivity index (χ2v) is 11.1. The van der Waals surface area contributed by atoms with E-state index in [-0.39, 0.29) is 28.5 Å². The predicted molar refractivity (Wildman–Crippen MR) is 121 cm³/mol. The third kappa shape index (κ3) is 4.71. The van der Waals surface area contributed by atoms with Crippen molar-refractivity contribution >= 4 is 33.5 Å². The Morgan fingerprint density at radius 2 is 1.77 bits per heavy atom. The summed E-state index contributed by atoms with van der Waals surface area (Å²) in [5.41, 5.74) is 1.54. The second kappa shape index (κ2) is 9.14. The van der Waals surface area contributed by atoms with Crippen molar-refractivity contribution in [3.8, 4) is 0 Å². The van der Waals surface area contributed by atoms with Gasteiger partial charge < -0.3 is 5.32 Å². The first-order valence-corrected chi connectivity index (χ1v) is 12.9. The van der Waals surface area contributed by atoms with Crippen molar-refractivity contribution in [2.24, 2.45) is 5.92 Å². The minimum absolute atomic E-state index is 0.00216. The topological polar surface area (TPSA) is 83.6 Å². The number of amides is 1. The zero-order valence-electron chi connectivity index (χ0n) is 17.4. The average Bonchev–Trinajstić information content (AvgIpc) is 2.79. The maximum absolute atomic E-state index is 13.0. The molecule has 0 bridgehead atoms. The fourth-order valence-corrected chi connectivity index (χ4v) is 6.81. The number of Topliss-reactive ketones (excluding diaryl/α,β-unsaturated/α-hetero) is 1. The number of nitrogens with one attached hydrogen (secondary N) is 1. The molecule has 4 rings (SSSR count). The van der Waals surface area contributed by atoms with E-state index in [1.54, 1.807) is 12.1 Å². The Hall–Kier alpha value is -2.16. The summed E-state index contributed by atoms with van der Waals surface area (Å²) < 4.78 is 27.4. The lowest BCUT2D eigenvalue weighted by molar-refractivity contribution is -0.126. The van der Waals surface area contributed by atoms with Gasteiger partial charge in [-0.25, -0.2) is 8.42 Å². The maximum Gasteiger partial charge on any atom is 0.243 e. The average molecular weight is 459 g/mol. The minimum Gasteiger partial charge on any atom is -0.349 e. The number of fused-ring (bicyclic) bond motifs is 1. The number of hydrogen-bond acceptors (Lipinski definition) is 5. The molecule has 2 aliphatic rings. The van der Waals surface area contributed by atoms with Crippen LogP contribution in [-0.2, 0) is 14.8 Å². The highest BCUT2D eigenvalue weighted by atomic mass is 32.2. The molecule has 31 heavy (non-hydrogen) atoms. The molecule has 0 unspecified atom stereocenters. The Morgan fingerprint density at radius 1 is 1.03 bits per heavy atom. The lowest BCUT2D eigenvalue weighted by Gasteiger charge is -2.32. The minimum atomic E-state index is -3.69. The van der Waals surface area contributed by atoms with Crippen LogP contribution in [0.15, 0.2) is 58.3 Å². The standard InChI is InChI=1S/C23H26N2O4S2/c1-16(26)18-5-4-6-19(15-18)31(28,29)25-12-9-17(10-13-25)23(27)24-21-11-14-30-22-8-3-2-7-20(21)22/h2-8,15,17,21H,9-14H2,1H3,(H,24,27)/t21-/m1/s1. The molecule has 0 aliphatic carbocycles. The number of ketones is 1. The summed E-state index contributed by atoms with van der Waals surface area (Å²) in [5, 5.41) is 3.19. The quantitative estimate of drug-likeness (QED) is 0.692. The maximum atomic E-state index is 13.0. The molecule has 0 spiro atoms. The van der Waals surface area contributed by atoms with Crippen molar-refractivity contribution in [1.29, 1.82) is 0 Å². The van der Waals surface area contributed by atoms with Crippen molar-refractivity contribution in [3.05, 3.63) is 59.7 Å². The molecule has 0 radical (unpaired) electrons. The van der Waals surface area contributed by atoms with Crippen LogP contribution < -0.4 is 5.32 Å². The van der Waals surface area contributed by atoms with Crippen LogP contribution in [0.2, 0.25) is 0 Å². The highest BCUT2D eigenvalue weighted by molar-refractivity contribution is 7.99. The Morgan fingerprint density at radius 3 is 2.52 bits per heavy atom. The zero-order chi connectivity index (χ0) is 22.0. The predicted octanol–water partition coefficient (Wildman–Crippen LogP) is 3.64. The summed E-state index contributed by atoms with van der Waals surface area (Å²) >= 11 is 1.81. The number of thioether (sulfide) groups is 1. The van der Waals surface area contributed by atoms with Crippen molar-refractivity contribution in [3.63, 3.8) is 0 Å². The van der Waals surface area contributed by atoms with Crippen molar-refractivity contribution in [1.82, 2.24) is 9.62 Å². The van der Waals surface area contributed by atoms with E-state index in [2.05, 4.69) is 17.4 Å². The number of piperidine rings is 1. The van der Waals surface area contributed by atoms with Crippen molar-refractivity contribution in [2.75, 3.05) is 18.8 Å². The van der Waals surface area contributed by atoms with Crippen LogP contribution in [0.4, 0.5) is 0 Å². The highest BCUT2D eigenvalue weighted by Crippen LogP contribution is 2.36. The number of carbonyl (C=O) groups excluding carboxylic acids is 2. The summed E-state index contributed by atoms with van der Waals surface area (Å²) in [6.45, 7) is 2.00. The first kappa shape index (κ1) is 22.0. The number of rotatable bonds is 5. The molecule has 0 aromatic heterocycles. The first-order valence-electron chi connectivity index (χ1n) is 10.5. The largest absolute Gasteiger partial charge is 0.349 e. The molecule has 1 atom stereocenters. The molecule has 1 fully saturated rings. The van der Waals surface area contributed by atoms with Gasteiger partial charge in [-0.1, -0.05) is 30.3 Å². The normalized spacial score (nSPS) is 20.1. The molecular formula is C23H26N2O4S2. The molecule has 2 aromatic rings. The van der Waals surface area contributed by atoms with Crippen LogP contribution in [-0.4, -0.2) is 43.3 Å². The van der Waals surface area contributed by atoms with E-state index in [0.717, 1.165) is 17.7 Å².